The number of rotatable bonds is 7. The van der Waals surface area contributed by atoms with Gasteiger partial charge in [0.05, 0.1) is 11.8 Å². The van der Waals surface area contributed by atoms with Crippen LogP contribution in [0.5, 0.6) is 5.75 Å². The quantitative estimate of drug-likeness (QED) is 0.224. The maximum absolute atomic E-state index is 12.9. The molecule has 0 saturated carbocycles. The van der Waals surface area contributed by atoms with E-state index >= 15 is 0 Å². The van der Waals surface area contributed by atoms with Crippen molar-refractivity contribution in [3.63, 3.8) is 0 Å². The lowest BCUT2D eigenvalue weighted by molar-refractivity contribution is -0.121. The number of ether oxygens (including phenoxy) is 1. The van der Waals surface area contributed by atoms with Crippen molar-refractivity contribution in [2.24, 2.45) is 5.10 Å². The fourth-order valence-corrected chi connectivity index (χ4v) is 2.77. The second kappa shape index (κ2) is 10.1. The highest BCUT2D eigenvalue weighted by Gasteiger charge is 2.10. The zero-order valence-electron chi connectivity index (χ0n) is 17.0. The van der Waals surface area contributed by atoms with Gasteiger partial charge < -0.3 is 9.72 Å². The van der Waals surface area contributed by atoms with Gasteiger partial charge in [0.2, 0.25) is 5.91 Å². The number of benzene rings is 2. The number of amides is 1. The zero-order chi connectivity index (χ0) is 23.1. The summed E-state index contributed by atoms with van der Waals surface area (Å²) >= 11 is 0. The summed E-state index contributed by atoms with van der Waals surface area (Å²) < 4.78 is 18.1. The number of carbonyl (C=O) groups excluding carboxylic acids is 2. The average Bonchev–Trinajstić information content (AvgIpc) is 2.74. The number of aromatic amines is 2. The van der Waals surface area contributed by atoms with E-state index in [1.54, 1.807) is 31.2 Å². The first-order chi connectivity index (χ1) is 15.3. The Balaban J connectivity index is 1.49. The van der Waals surface area contributed by atoms with Gasteiger partial charge in [0.15, 0.2) is 0 Å². The normalized spacial score (nSPS) is 10.8. The minimum absolute atomic E-state index is 0.00553. The van der Waals surface area contributed by atoms with Crippen molar-refractivity contribution in [1.29, 1.82) is 0 Å². The first kappa shape index (κ1) is 22.3. The van der Waals surface area contributed by atoms with Gasteiger partial charge in [-0.15, -0.1) is 0 Å². The maximum Gasteiger partial charge on any atom is 0.343 e. The minimum Gasteiger partial charge on any atom is -0.423 e. The summed E-state index contributed by atoms with van der Waals surface area (Å²) in [5.74, 6) is -1.18. The third kappa shape index (κ3) is 6.08. The Bertz CT molecular complexity index is 1260. The van der Waals surface area contributed by atoms with Crippen LogP contribution in [0.3, 0.4) is 0 Å². The maximum atomic E-state index is 12.9. The molecule has 32 heavy (non-hydrogen) atoms. The van der Waals surface area contributed by atoms with Crippen molar-refractivity contribution in [1.82, 2.24) is 15.4 Å². The number of carbonyl (C=O) groups is 2. The molecule has 3 N–H and O–H groups in total. The summed E-state index contributed by atoms with van der Waals surface area (Å²) in [4.78, 5) is 51.5. The lowest BCUT2D eigenvalue weighted by atomic mass is 10.1. The van der Waals surface area contributed by atoms with E-state index in [-0.39, 0.29) is 18.4 Å². The van der Waals surface area contributed by atoms with E-state index in [0.29, 0.717) is 22.6 Å². The number of esters is 1. The summed E-state index contributed by atoms with van der Waals surface area (Å²) in [6.45, 7) is 1.59. The van der Waals surface area contributed by atoms with E-state index in [0.717, 1.165) is 0 Å². The molecule has 0 spiro atoms. The molecule has 3 rings (SSSR count). The number of nitrogens with zero attached hydrogens (tertiary/aromatic N) is 1. The van der Waals surface area contributed by atoms with E-state index in [1.807, 2.05) is 0 Å². The molecule has 164 valence electrons. The van der Waals surface area contributed by atoms with Crippen LogP contribution >= 0.6 is 0 Å². The Hall–Kier alpha value is -4.34. The van der Waals surface area contributed by atoms with Crippen molar-refractivity contribution >= 4 is 18.1 Å². The molecule has 0 atom stereocenters. The van der Waals surface area contributed by atoms with Crippen LogP contribution in [-0.2, 0) is 11.2 Å². The van der Waals surface area contributed by atoms with E-state index in [4.69, 9.17) is 4.74 Å². The molecule has 0 saturated heterocycles. The fourth-order valence-electron chi connectivity index (χ4n) is 2.77. The fraction of sp³-hybridized carbons (Fsp3) is 0.136. The third-order valence-electron chi connectivity index (χ3n) is 4.43. The lowest BCUT2D eigenvalue weighted by Gasteiger charge is -2.05. The molecule has 9 nitrogen and oxygen atoms in total. The molecule has 10 heteroatoms. The van der Waals surface area contributed by atoms with Gasteiger partial charge in [-0.2, -0.15) is 5.10 Å². The number of hydrazone groups is 1. The first-order valence-electron chi connectivity index (χ1n) is 9.53. The molecule has 2 aromatic carbocycles. The summed E-state index contributed by atoms with van der Waals surface area (Å²) in [6.07, 6.45) is 1.56. The highest BCUT2D eigenvalue weighted by atomic mass is 19.1. The van der Waals surface area contributed by atoms with Crippen LogP contribution in [0, 0.1) is 12.7 Å². The van der Waals surface area contributed by atoms with Crippen LogP contribution in [0.25, 0.3) is 0 Å². The number of hydrogen-bond acceptors (Lipinski definition) is 6. The van der Waals surface area contributed by atoms with E-state index in [1.165, 1.54) is 30.5 Å². The van der Waals surface area contributed by atoms with Gasteiger partial charge >= 0.3 is 11.7 Å². The molecule has 0 fully saturated rings. The van der Waals surface area contributed by atoms with Gasteiger partial charge in [-0.3, -0.25) is 14.6 Å². The number of aromatic nitrogens is 2. The van der Waals surface area contributed by atoms with Gasteiger partial charge in [0.25, 0.3) is 5.56 Å². The topological polar surface area (TPSA) is 133 Å². The monoisotopic (exact) mass is 438 g/mol. The summed E-state index contributed by atoms with van der Waals surface area (Å²) in [5, 5.41) is 3.85. The van der Waals surface area contributed by atoms with Crippen LogP contribution < -0.4 is 21.4 Å². The highest BCUT2D eigenvalue weighted by Crippen LogP contribution is 2.14. The molecule has 0 aliphatic rings. The second-order valence-electron chi connectivity index (χ2n) is 6.77. The van der Waals surface area contributed by atoms with E-state index < -0.39 is 28.9 Å². The second-order valence-corrected chi connectivity index (χ2v) is 6.77. The Morgan fingerprint density at radius 1 is 1.06 bits per heavy atom. The highest BCUT2D eigenvalue weighted by molar-refractivity contribution is 5.91. The van der Waals surface area contributed by atoms with Crippen molar-refractivity contribution in [2.45, 2.75) is 19.8 Å². The standard InChI is InChI=1S/C22H19FN4O5/c1-13-18(20(29)26-22(31)25-13)10-11-19(28)27-24-12-14-2-8-17(9-3-14)32-21(30)15-4-6-16(23)7-5-15/h2-9,12H,10-11H2,1H3,(H,27,28)(H2,25,26,29,31)/b24-12+. The summed E-state index contributed by atoms with van der Waals surface area (Å²) in [5.41, 5.74) is 2.83. The Morgan fingerprint density at radius 2 is 1.75 bits per heavy atom. The third-order valence-corrected chi connectivity index (χ3v) is 4.43. The van der Waals surface area contributed by atoms with Crippen LogP contribution in [0.2, 0.25) is 0 Å². The molecule has 1 amide bonds. The molecule has 1 aromatic heterocycles. The van der Waals surface area contributed by atoms with Crippen LogP contribution in [0.4, 0.5) is 4.39 Å². The van der Waals surface area contributed by atoms with E-state index in [9.17, 15) is 23.6 Å². The van der Waals surface area contributed by atoms with Crippen molar-refractivity contribution in [3.8, 4) is 5.75 Å². The van der Waals surface area contributed by atoms with Crippen LogP contribution in [0.1, 0.15) is 33.6 Å². The minimum atomic E-state index is -0.616. The largest absolute Gasteiger partial charge is 0.423 e. The first-order valence-corrected chi connectivity index (χ1v) is 9.53. The van der Waals surface area contributed by atoms with Crippen molar-refractivity contribution < 1.29 is 18.7 Å². The molecule has 0 unspecified atom stereocenters. The summed E-state index contributed by atoms with van der Waals surface area (Å²) in [7, 11) is 0. The van der Waals surface area contributed by atoms with Crippen molar-refractivity contribution in [3.05, 3.63) is 97.6 Å². The number of aryl methyl sites for hydroxylation is 1. The van der Waals surface area contributed by atoms with Crippen LogP contribution in [0.15, 0.2) is 63.2 Å². The lowest BCUT2D eigenvalue weighted by Crippen LogP contribution is -2.28. The number of nitrogens with one attached hydrogen (secondary N) is 3. The molecule has 0 bridgehead atoms. The van der Waals surface area contributed by atoms with Gasteiger partial charge in [0.1, 0.15) is 11.6 Å². The summed E-state index contributed by atoms with van der Waals surface area (Å²) in [6, 6.07) is 11.4. The molecular formula is C22H19FN4O5. The van der Waals surface area contributed by atoms with Gasteiger partial charge in [-0.05, 0) is 67.4 Å². The molecule has 1 heterocycles. The zero-order valence-corrected chi connectivity index (χ0v) is 17.0. The number of hydrogen-bond donors (Lipinski definition) is 3. The van der Waals surface area contributed by atoms with Gasteiger partial charge in [-0.1, -0.05) is 0 Å². The SMILES string of the molecule is Cc1[nH]c(=O)[nH]c(=O)c1CCC(=O)N/N=C/c1ccc(OC(=O)c2ccc(F)cc2)cc1. The van der Waals surface area contributed by atoms with Crippen molar-refractivity contribution in [2.75, 3.05) is 0 Å². The molecular weight excluding hydrogens is 419 g/mol. The number of halogens is 1. The van der Waals surface area contributed by atoms with Crippen LogP contribution in [-0.4, -0.2) is 28.1 Å². The Kier molecular flexibility index (Phi) is 7.06. The molecule has 3 aromatic rings. The molecule has 0 aliphatic carbocycles. The van der Waals surface area contributed by atoms with Gasteiger partial charge in [0, 0.05) is 17.7 Å². The predicted molar refractivity (Wildman–Crippen MR) is 114 cm³/mol. The molecule has 0 aliphatic heterocycles. The Morgan fingerprint density at radius 3 is 2.41 bits per heavy atom. The Labute approximate surface area is 181 Å². The predicted octanol–water partition coefficient (Wildman–Crippen LogP) is 1.81. The van der Waals surface area contributed by atoms with Gasteiger partial charge in [-0.25, -0.2) is 19.4 Å². The smallest absolute Gasteiger partial charge is 0.343 e. The molecule has 0 radical (unpaired) electrons. The number of H-pyrrole nitrogens is 2. The average molecular weight is 438 g/mol. The van der Waals surface area contributed by atoms with E-state index in [2.05, 4.69) is 20.5 Å².